The Bertz CT molecular complexity index is 808. The fourth-order valence-corrected chi connectivity index (χ4v) is 2.18. The Labute approximate surface area is 119 Å². The highest BCUT2D eigenvalue weighted by Crippen LogP contribution is 2.28. The molecule has 0 fully saturated rings. The first-order valence-corrected chi connectivity index (χ1v) is 6.18. The standard InChI is InChI=1S/C14H13N3O4/c1-7-4-5-10(6-11(7)17(20)21)13-12(9(3)18)8(2)15-14(19)16-13/h4-6H,1-3H3,(H,15,16,19). The van der Waals surface area contributed by atoms with Crippen molar-refractivity contribution in [2.24, 2.45) is 0 Å². The Hall–Kier alpha value is -2.83. The van der Waals surface area contributed by atoms with Gasteiger partial charge in [0.25, 0.3) is 5.69 Å². The van der Waals surface area contributed by atoms with E-state index in [4.69, 9.17) is 0 Å². The number of nitrogens with zero attached hydrogens (tertiary/aromatic N) is 2. The third-order valence-electron chi connectivity index (χ3n) is 3.15. The molecule has 0 saturated heterocycles. The molecule has 0 bridgehead atoms. The molecule has 7 heteroatoms. The van der Waals surface area contributed by atoms with Crippen LogP contribution in [0.3, 0.4) is 0 Å². The van der Waals surface area contributed by atoms with Crippen molar-refractivity contribution in [1.82, 2.24) is 9.97 Å². The van der Waals surface area contributed by atoms with Gasteiger partial charge >= 0.3 is 5.69 Å². The minimum atomic E-state index is -0.601. The van der Waals surface area contributed by atoms with Gasteiger partial charge in [0.2, 0.25) is 0 Å². The average Bonchev–Trinajstić information content (AvgIpc) is 2.37. The summed E-state index contributed by atoms with van der Waals surface area (Å²) in [5.74, 6) is -0.269. The van der Waals surface area contributed by atoms with Gasteiger partial charge in [-0.1, -0.05) is 12.1 Å². The van der Waals surface area contributed by atoms with Crippen LogP contribution in [-0.4, -0.2) is 20.7 Å². The Kier molecular flexibility index (Phi) is 3.66. The van der Waals surface area contributed by atoms with E-state index in [1.165, 1.54) is 13.0 Å². The first-order valence-electron chi connectivity index (χ1n) is 6.18. The predicted molar refractivity (Wildman–Crippen MR) is 76.4 cm³/mol. The molecule has 2 rings (SSSR count). The molecule has 1 aromatic carbocycles. The number of carbonyl (C=O) groups is 1. The highest BCUT2D eigenvalue weighted by atomic mass is 16.6. The Morgan fingerprint density at radius 2 is 2.00 bits per heavy atom. The zero-order valence-corrected chi connectivity index (χ0v) is 11.8. The van der Waals surface area contributed by atoms with E-state index in [2.05, 4.69) is 9.97 Å². The van der Waals surface area contributed by atoms with Gasteiger partial charge < -0.3 is 4.98 Å². The highest BCUT2D eigenvalue weighted by Gasteiger charge is 2.19. The number of Topliss-reactive ketones (excluding diaryl/α,β-unsaturated/α-hetero) is 1. The number of nitro groups is 1. The number of nitrogens with one attached hydrogen (secondary N) is 1. The number of benzene rings is 1. The van der Waals surface area contributed by atoms with Crippen LogP contribution >= 0.6 is 0 Å². The lowest BCUT2D eigenvalue weighted by atomic mass is 10.0. The van der Waals surface area contributed by atoms with Crippen LogP contribution in [0.2, 0.25) is 0 Å². The molecular weight excluding hydrogens is 274 g/mol. The van der Waals surface area contributed by atoms with E-state index in [0.717, 1.165) is 0 Å². The molecule has 0 atom stereocenters. The molecule has 0 radical (unpaired) electrons. The Morgan fingerprint density at radius 1 is 1.33 bits per heavy atom. The molecule has 0 aliphatic carbocycles. The summed E-state index contributed by atoms with van der Waals surface area (Å²) < 4.78 is 0. The molecule has 0 saturated carbocycles. The summed E-state index contributed by atoms with van der Waals surface area (Å²) in [6.45, 7) is 4.56. The fourth-order valence-electron chi connectivity index (χ4n) is 2.18. The number of aromatic amines is 1. The quantitative estimate of drug-likeness (QED) is 0.529. The van der Waals surface area contributed by atoms with E-state index < -0.39 is 10.6 Å². The van der Waals surface area contributed by atoms with E-state index in [1.54, 1.807) is 26.0 Å². The zero-order chi connectivity index (χ0) is 15.7. The number of rotatable bonds is 3. The predicted octanol–water partition coefficient (Wildman–Crippen LogP) is 2.16. The molecule has 0 amide bonds. The molecule has 0 aliphatic heterocycles. The second-order valence-electron chi connectivity index (χ2n) is 4.71. The lowest BCUT2D eigenvalue weighted by Crippen LogP contribution is -2.17. The highest BCUT2D eigenvalue weighted by molar-refractivity contribution is 6.00. The van der Waals surface area contributed by atoms with Gasteiger partial charge in [-0.05, 0) is 20.8 Å². The molecule has 0 unspecified atom stereocenters. The summed E-state index contributed by atoms with van der Waals surface area (Å²) >= 11 is 0. The van der Waals surface area contributed by atoms with Crippen molar-refractivity contribution in [3.63, 3.8) is 0 Å². The minimum absolute atomic E-state index is 0.0817. The van der Waals surface area contributed by atoms with Gasteiger partial charge in [-0.25, -0.2) is 4.79 Å². The van der Waals surface area contributed by atoms with Crippen LogP contribution < -0.4 is 5.69 Å². The molecule has 0 aliphatic rings. The Balaban J connectivity index is 2.78. The van der Waals surface area contributed by atoms with Gasteiger partial charge in [0.1, 0.15) is 0 Å². The number of aryl methyl sites for hydroxylation is 2. The monoisotopic (exact) mass is 287 g/mol. The number of carbonyl (C=O) groups excluding carboxylic acids is 1. The Morgan fingerprint density at radius 3 is 2.57 bits per heavy atom. The lowest BCUT2D eigenvalue weighted by Gasteiger charge is -2.09. The van der Waals surface area contributed by atoms with Gasteiger partial charge in [-0.3, -0.25) is 14.9 Å². The number of ketones is 1. The van der Waals surface area contributed by atoms with E-state index in [0.29, 0.717) is 16.8 Å². The molecule has 1 N–H and O–H groups in total. The smallest absolute Gasteiger partial charge is 0.309 e. The summed E-state index contributed by atoms with van der Waals surface area (Å²) in [6.07, 6.45) is 0. The number of H-pyrrole nitrogens is 1. The zero-order valence-electron chi connectivity index (χ0n) is 11.8. The van der Waals surface area contributed by atoms with Crippen molar-refractivity contribution in [1.29, 1.82) is 0 Å². The largest absolute Gasteiger partial charge is 0.345 e. The summed E-state index contributed by atoms with van der Waals surface area (Å²) in [5.41, 5.74) is 0.985. The van der Waals surface area contributed by atoms with Crippen LogP contribution in [0.15, 0.2) is 23.0 Å². The third-order valence-corrected chi connectivity index (χ3v) is 3.15. The van der Waals surface area contributed by atoms with E-state index in [9.17, 15) is 19.7 Å². The minimum Gasteiger partial charge on any atom is -0.309 e. The fraction of sp³-hybridized carbons (Fsp3) is 0.214. The van der Waals surface area contributed by atoms with Gasteiger partial charge in [-0.15, -0.1) is 0 Å². The molecule has 2 aromatic rings. The summed E-state index contributed by atoms with van der Waals surface area (Å²) in [5, 5.41) is 11.0. The van der Waals surface area contributed by atoms with Gasteiger partial charge in [-0.2, -0.15) is 4.98 Å². The van der Waals surface area contributed by atoms with Crippen LogP contribution in [0.25, 0.3) is 11.3 Å². The van der Waals surface area contributed by atoms with E-state index in [1.807, 2.05) is 0 Å². The van der Waals surface area contributed by atoms with Crippen LogP contribution in [-0.2, 0) is 0 Å². The van der Waals surface area contributed by atoms with Crippen molar-refractivity contribution in [2.45, 2.75) is 20.8 Å². The molecule has 7 nitrogen and oxygen atoms in total. The van der Waals surface area contributed by atoms with Crippen LogP contribution in [0.5, 0.6) is 0 Å². The molecule has 108 valence electrons. The number of nitro benzene ring substituents is 1. The van der Waals surface area contributed by atoms with Crippen molar-refractivity contribution in [3.8, 4) is 11.3 Å². The number of hydrogen-bond donors (Lipinski definition) is 1. The SMILES string of the molecule is CC(=O)c1c(-c2ccc(C)c([N+](=O)[O-])c2)nc(=O)[nH]c1C. The molecule has 21 heavy (non-hydrogen) atoms. The van der Waals surface area contributed by atoms with E-state index in [-0.39, 0.29) is 22.7 Å². The summed E-state index contributed by atoms with van der Waals surface area (Å²) in [6, 6.07) is 4.49. The summed E-state index contributed by atoms with van der Waals surface area (Å²) in [4.78, 5) is 40.1. The first-order chi connectivity index (χ1) is 9.81. The van der Waals surface area contributed by atoms with Crippen LogP contribution in [0.1, 0.15) is 28.5 Å². The average molecular weight is 287 g/mol. The topological polar surface area (TPSA) is 106 Å². The van der Waals surface area contributed by atoms with E-state index >= 15 is 0 Å². The first kappa shape index (κ1) is 14.6. The maximum Gasteiger partial charge on any atom is 0.345 e. The van der Waals surface area contributed by atoms with Crippen LogP contribution in [0, 0.1) is 24.0 Å². The second kappa shape index (κ2) is 5.28. The van der Waals surface area contributed by atoms with Crippen molar-refractivity contribution < 1.29 is 9.72 Å². The lowest BCUT2D eigenvalue weighted by molar-refractivity contribution is -0.385. The third kappa shape index (κ3) is 2.71. The second-order valence-corrected chi connectivity index (χ2v) is 4.71. The van der Waals surface area contributed by atoms with Gasteiger partial charge in [0, 0.05) is 22.9 Å². The molecular formula is C14H13N3O4. The van der Waals surface area contributed by atoms with Crippen LogP contribution in [0.4, 0.5) is 5.69 Å². The molecule has 0 spiro atoms. The van der Waals surface area contributed by atoms with Crippen molar-refractivity contribution >= 4 is 11.5 Å². The van der Waals surface area contributed by atoms with Crippen molar-refractivity contribution in [2.75, 3.05) is 0 Å². The van der Waals surface area contributed by atoms with Gasteiger partial charge in [0.15, 0.2) is 5.78 Å². The maximum atomic E-state index is 11.8. The normalized spacial score (nSPS) is 10.4. The number of aromatic nitrogens is 2. The molecule has 1 heterocycles. The van der Waals surface area contributed by atoms with Crippen molar-refractivity contribution in [3.05, 3.63) is 55.6 Å². The summed E-state index contributed by atoms with van der Waals surface area (Å²) in [7, 11) is 0. The maximum absolute atomic E-state index is 11.8. The number of hydrogen-bond acceptors (Lipinski definition) is 5. The molecule has 1 aromatic heterocycles. The van der Waals surface area contributed by atoms with Gasteiger partial charge in [0.05, 0.1) is 16.2 Å².